The van der Waals surface area contributed by atoms with Crippen LogP contribution < -0.4 is 0 Å². The average Bonchev–Trinajstić information content (AvgIpc) is 2.45. The number of hydrogen-bond acceptors (Lipinski definition) is 2. The van der Waals surface area contributed by atoms with E-state index in [-0.39, 0.29) is 0 Å². The van der Waals surface area contributed by atoms with E-state index in [1.165, 1.54) is 32.1 Å². The van der Waals surface area contributed by atoms with Crippen LogP contribution in [0.1, 0.15) is 54.7 Å². The van der Waals surface area contributed by atoms with Crippen LogP contribution in [0.15, 0.2) is 17.1 Å². The molecule has 0 amide bonds. The van der Waals surface area contributed by atoms with Gasteiger partial charge in [-0.15, -0.1) is 0 Å². The van der Waals surface area contributed by atoms with Crippen molar-refractivity contribution < 1.29 is 26.0 Å². The number of phenols is 1. The van der Waals surface area contributed by atoms with Crippen LogP contribution in [-0.4, -0.2) is 18.4 Å². The number of halogens is 2. The molecule has 0 unspecified atom stereocenters. The molecule has 1 aromatic carbocycles. The van der Waals surface area contributed by atoms with Gasteiger partial charge in [0.15, 0.2) is 0 Å². The van der Waals surface area contributed by atoms with Crippen LogP contribution in [-0.2, 0) is 20.8 Å². The fourth-order valence-corrected chi connectivity index (χ4v) is 2.76. The number of aromatic hydroxyl groups is 1. The molecule has 110 valence electrons. The van der Waals surface area contributed by atoms with E-state index in [1.807, 2.05) is 6.92 Å². The summed E-state index contributed by atoms with van der Waals surface area (Å²) in [6.45, 7) is 2.02. The van der Waals surface area contributed by atoms with E-state index in [2.05, 4.69) is 17.1 Å². The summed E-state index contributed by atoms with van der Waals surface area (Å²) in [6.07, 6.45) is 8.09. The van der Waals surface area contributed by atoms with Gasteiger partial charge in [0.1, 0.15) is 5.75 Å². The maximum atomic E-state index is 10.4. The number of nitrogens with zero attached hydrogens (tertiary/aromatic N) is 1. The van der Waals surface area contributed by atoms with Crippen LogP contribution in [0.3, 0.4) is 0 Å². The topological polar surface area (TPSA) is 32.6 Å². The Bertz CT molecular complexity index is 446. The van der Waals surface area contributed by atoms with Crippen molar-refractivity contribution in [1.29, 1.82) is 0 Å². The summed E-state index contributed by atoms with van der Waals surface area (Å²) < 4.78 is 0. The molecule has 0 heterocycles. The van der Waals surface area contributed by atoms with Crippen molar-refractivity contribution in [1.82, 2.24) is 0 Å². The van der Waals surface area contributed by atoms with Gasteiger partial charge in [-0.2, -0.15) is 0 Å². The Morgan fingerprint density at radius 1 is 1.25 bits per heavy atom. The first kappa shape index (κ1) is 18.2. The summed E-state index contributed by atoms with van der Waals surface area (Å²) in [5, 5.41) is 10.4. The minimum atomic E-state index is -0.826. The summed E-state index contributed by atoms with van der Waals surface area (Å²) in [5.41, 5.74) is 3.09. The van der Waals surface area contributed by atoms with Gasteiger partial charge >= 0.3 is 37.9 Å². The van der Waals surface area contributed by atoms with Crippen LogP contribution in [0.25, 0.3) is 0 Å². The number of hydrogen-bond donors (Lipinski definition) is 1. The molecule has 1 N–H and O–H groups in total. The molecular formula is C15H21Cl2NOZr. The zero-order chi connectivity index (χ0) is 15.0. The molecule has 5 heteroatoms. The van der Waals surface area contributed by atoms with Gasteiger partial charge in [-0.25, -0.2) is 0 Å². The van der Waals surface area contributed by atoms with Crippen molar-refractivity contribution in [3.05, 3.63) is 28.8 Å². The summed E-state index contributed by atoms with van der Waals surface area (Å²) in [4.78, 5) is 4.03. The zero-order valence-electron chi connectivity index (χ0n) is 12.0. The molecule has 1 fully saturated rings. The average molecular weight is 393 g/mol. The van der Waals surface area contributed by atoms with E-state index in [1.54, 1.807) is 13.3 Å². The number of benzene rings is 1. The van der Waals surface area contributed by atoms with Crippen LogP contribution in [0.4, 0.5) is 0 Å². The van der Waals surface area contributed by atoms with Crippen molar-refractivity contribution in [2.75, 3.05) is 7.05 Å². The number of rotatable bonds is 2. The first-order valence-electron chi connectivity index (χ1n) is 6.86. The number of aliphatic imine (C=N–C) groups is 1. The zero-order valence-corrected chi connectivity index (χ0v) is 16.0. The fraction of sp³-hybridized carbons (Fsp3) is 0.533. The predicted molar refractivity (Wildman–Crippen MR) is 83.9 cm³/mol. The second-order valence-electron chi connectivity index (χ2n) is 5.03. The normalized spacial score (nSPS) is 15.8. The molecule has 0 bridgehead atoms. The van der Waals surface area contributed by atoms with E-state index >= 15 is 0 Å². The van der Waals surface area contributed by atoms with Crippen LogP contribution in [0.5, 0.6) is 5.75 Å². The quantitative estimate of drug-likeness (QED) is 0.691. The van der Waals surface area contributed by atoms with Gasteiger partial charge < -0.3 is 5.11 Å². The van der Waals surface area contributed by atoms with Crippen LogP contribution in [0, 0.1) is 6.92 Å². The molecule has 1 aromatic rings. The van der Waals surface area contributed by atoms with E-state index in [0.717, 1.165) is 16.7 Å². The Hall–Kier alpha value is 0.153. The van der Waals surface area contributed by atoms with E-state index < -0.39 is 20.8 Å². The second-order valence-corrected chi connectivity index (χ2v) is 8.76. The Morgan fingerprint density at radius 2 is 1.85 bits per heavy atom. The van der Waals surface area contributed by atoms with Gasteiger partial charge in [0.25, 0.3) is 0 Å². The summed E-state index contributed by atoms with van der Waals surface area (Å²) in [5.74, 6) is 0.982. The molecule has 0 aliphatic heterocycles. The molecule has 1 aliphatic carbocycles. The van der Waals surface area contributed by atoms with Crippen molar-refractivity contribution in [2.24, 2.45) is 4.99 Å². The standard InChI is InChI=1S/C15H21NO.2ClH.Zr/c1-11-8-9-13(12-6-4-3-5-7-12)15(17)14(11)10-16-2;;;/h8-10,12,17H,3-7H2,1-2H3;2*1H;/q;;;+2/p-2. The fourth-order valence-electron chi connectivity index (χ4n) is 2.76. The molecule has 0 spiro atoms. The van der Waals surface area contributed by atoms with Gasteiger partial charge in [0.05, 0.1) is 0 Å². The Labute approximate surface area is 140 Å². The van der Waals surface area contributed by atoms with Crippen LogP contribution >= 0.6 is 17.0 Å². The van der Waals surface area contributed by atoms with Gasteiger partial charge in [0, 0.05) is 18.8 Å². The molecule has 0 atom stereocenters. The Kier molecular flexibility index (Phi) is 9.08. The second kappa shape index (κ2) is 9.98. The molecule has 0 aromatic heterocycles. The van der Waals surface area contributed by atoms with Crippen molar-refractivity contribution in [2.45, 2.75) is 44.9 Å². The molecule has 2 rings (SSSR count). The molecular weight excluding hydrogens is 372 g/mol. The molecule has 1 saturated carbocycles. The van der Waals surface area contributed by atoms with Gasteiger partial charge in [0.2, 0.25) is 0 Å². The Balaban J connectivity index is 0.000000612. The first-order valence-corrected chi connectivity index (χ1v) is 13.2. The summed E-state index contributed by atoms with van der Waals surface area (Å²) >= 11 is -0.826. The first-order chi connectivity index (χ1) is 9.65. The van der Waals surface area contributed by atoms with Crippen LogP contribution in [0.2, 0.25) is 0 Å². The van der Waals surface area contributed by atoms with E-state index in [0.29, 0.717) is 11.7 Å². The van der Waals surface area contributed by atoms with E-state index in [4.69, 9.17) is 17.0 Å². The SMILES string of the molecule is CN=Cc1c(C)ccc(C2CCCCC2)c1O.[Cl][Zr][Cl]. The molecule has 2 nitrogen and oxygen atoms in total. The molecule has 20 heavy (non-hydrogen) atoms. The summed E-state index contributed by atoms with van der Waals surface area (Å²) in [7, 11) is 11.6. The third kappa shape index (κ3) is 5.17. The number of aryl methyl sites for hydroxylation is 1. The number of phenolic OH excluding ortho intramolecular Hbond substituents is 1. The third-order valence-electron chi connectivity index (χ3n) is 3.77. The van der Waals surface area contributed by atoms with Gasteiger partial charge in [-0.05, 0) is 36.8 Å². The van der Waals surface area contributed by atoms with Gasteiger partial charge in [-0.3, -0.25) is 4.99 Å². The molecule has 1 aliphatic rings. The van der Waals surface area contributed by atoms with E-state index in [9.17, 15) is 5.11 Å². The van der Waals surface area contributed by atoms with Crippen molar-refractivity contribution >= 4 is 23.2 Å². The third-order valence-corrected chi connectivity index (χ3v) is 3.77. The molecule has 0 radical (unpaired) electrons. The maximum absolute atomic E-state index is 10.4. The Morgan fingerprint density at radius 3 is 2.40 bits per heavy atom. The summed E-state index contributed by atoms with van der Waals surface area (Å²) in [6, 6.07) is 4.19. The monoisotopic (exact) mass is 391 g/mol. The molecule has 0 saturated heterocycles. The van der Waals surface area contributed by atoms with Crippen molar-refractivity contribution in [3.8, 4) is 5.75 Å². The minimum absolute atomic E-state index is 0.447. The van der Waals surface area contributed by atoms with Gasteiger partial charge in [-0.1, -0.05) is 31.4 Å². The van der Waals surface area contributed by atoms with Crippen molar-refractivity contribution in [3.63, 3.8) is 0 Å². The predicted octanol–water partition coefficient (Wildman–Crippen LogP) is 5.17.